The molecule has 0 saturated heterocycles. The normalized spacial score (nSPS) is 11.5. The molecular formula is C26H19FN4O3S. The highest BCUT2D eigenvalue weighted by atomic mass is 32.2. The standard InChI is InChI=1S/C26H19FN4O3S/c27-24-20(7-4-8-23(24)31-35(33,34)16-17-5-2-1-3-6-17)25(32)22-15-30-26-21(22)13-19(14-29-26)18-9-11-28-12-10-18/h1-15,31H,16H2,(H,29,30). The van der Waals surface area contributed by atoms with Crippen LogP contribution in [0.2, 0.25) is 0 Å². The molecule has 5 rings (SSSR count). The van der Waals surface area contributed by atoms with Crippen molar-refractivity contribution in [2.45, 2.75) is 5.75 Å². The molecule has 7 nitrogen and oxygen atoms in total. The zero-order valence-corrected chi connectivity index (χ0v) is 19.1. The van der Waals surface area contributed by atoms with Crippen molar-refractivity contribution in [3.63, 3.8) is 0 Å². The molecule has 3 heterocycles. The third-order valence-corrected chi connectivity index (χ3v) is 6.74. The predicted octanol–water partition coefficient (Wildman–Crippen LogP) is 4.94. The van der Waals surface area contributed by atoms with E-state index in [-0.39, 0.29) is 22.6 Å². The number of hydrogen-bond donors (Lipinski definition) is 2. The minimum absolute atomic E-state index is 0.228. The van der Waals surface area contributed by atoms with E-state index in [9.17, 15) is 13.2 Å². The van der Waals surface area contributed by atoms with Crippen molar-refractivity contribution in [2.24, 2.45) is 0 Å². The highest BCUT2D eigenvalue weighted by molar-refractivity contribution is 7.91. The second kappa shape index (κ2) is 9.11. The van der Waals surface area contributed by atoms with Crippen LogP contribution < -0.4 is 4.72 Å². The summed E-state index contributed by atoms with van der Waals surface area (Å²) in [6, 6.07) is 18.0. The van der Waals surface area contributed by atoms with Crippen LogP contribution in [0.4, 0.5) is 10.1 Å². The molecule has 0 radical (unpaired) electrons. The molecule has 0 aliphatic rings. The number of nitrogens with zero attached hydrogens (tertiary/aromatic N) is 2. The van der Waals surface area contributed by atoms with E-state index in [4.69, 9.17) is 0 Å². The first-order valence-corrected chi connectivity index (χ1v) is 12.3. The number of pyridine rings is 2. The Morgan fingerprint density at radius 3 is 2.49 bits per heavy atom. The van der Waals surface area contributed by atoms with E-state index < -0.39 is 21.6 Å². The van der Waals surface area contributed by atoms with Gasteiger partial charge in [0.2, 0.25) is 10.0 Å². The molecule has 0 bridgehead atoms. The highest BCUT2D eigenvalue weighted by Crippen LogP contribution is 2.28. The van der Waals surface area contributed by atoms with Gasteiger partial charge in [0.05, 0.1) is 17.0 Å². The molecule has 174 valence electrons. The van der Waals surface area contributed by atoms with Gasteiger partial charge in [-0.1, -0.05) is 36.4 Å². The van der Waals surface area contributed by atoms with Crippen molar-refractivity contribution in [2.75, 3.05) is 4.72 Å². The van der Waals surface area contributed by atoms with Gasteiger partial charge in [-0.25, -0.2) is 17.8 Å². The molecule has 0 aliphatic carbocycles. The van der Waals surface area contributed by atoms with Crippen LogP contribution in [0.1, 0.15) is 21.5 Å². The first-order valence-electron chi connectivity index (χ1n) is 10.7. The summed E-state index contributed by atoms with van der Waals surface area (Å²) in [7, 11) is -3.90. The maximum Gasteiger partial charge on any atom is 0.237 e. The second-order valence-corrected chi connectivity index (χ2v) is 9.62. The SMILES string of the molecule is O=C(c1cccc(NS(=O)(=O)Cc2ccccc2)c1F)c1c[nH]c2ncc(-c3ccncc3)cc12. The topological polar surface area (TPSA) is 105 Å². The summed E-state index contributed by atoms with van der Waals surface area (Å²) in [6.07, 6.45) is 6.46. The summed E-state index contributed by atoms with van der Waals surface area (Å²) in [5, 5.41) is 0.527. The fraction of sp³-hybridized carbons (Fsp3) is 0.0385. The van der Waals surface area contributed by atoms with Gasteiger partial charge in [-0.3, -0.25) is 14.5 Å². The number of carbonyl (C=O) groups is 1. The molecule has 0 saturated carbocycles. The lowest BCUT2D eigenvalue weighted by Gasteiger charge is -2.11. The van der Waals surface area contributed by atoms with Crippen molar-refractivity contribution < 1.29 is 17.6 Å². The van der Waals surface area contributed by atoms with Gasteiger partial charge >= 0.3 is 0 Å². The average Bonchev–Trinajstić information content (AvgIpc) is 3.29. The summed E-state index contributed by atoms with van der Waals surface area (Å²) in [6.45, 7) is 0. The monoisotopic (exact) mass is 486 g/mol. The Morgan fingerprint density at radius 2 is 1.71 bits per heavy atom. The number of anilines is 1. The zero-order valence-electron chi connectivity index (χ0n) is 18.3. The fourth-order valence-corrected chi connectivity index (χ4v) is 5.02. The Balaban J connectivity index is 1.47. The predicted molar refractivity (Wildman–Crippen MR) is 132 cm³/mol. The summed E-state index contributed by atoms with van der Waals surface area (Å²) in [5.74, 6) is -1.86. The van der Waals surface area contributed by atoms with Gasteiger partial charge in [0.25, 0.3) is 0 Å². The Labute approximate surface area is 200 Å². The second-order valence-electron chi connectivity index (χ2n) is 7.90. The molecular weight excluding hydrogens is 467 g/mol. The molecule has 3 aromatic heterocycles. The largest absolute Gasteiger partial charge is 0.345 e. The zero-order chi connectivity index (χ0) is 24.4. The molecule has 9 heteroatoms. The number of H-pyrrole nitrogens is 1. The average molecular weight is 487 g/mol. The number of rotatable bonds is 7. The van der Waals surface area contributed by atoms with Gasteiger partial charge in [-0.2, -0.15) is 0 Å². The molecule has 0 unspecified atom stereocenters. The number of benzene rings is 2. The van der Waals surface area contributed by atoms with Gasteiger partial charge in [0.1, 0.15) is 5.65 Å². The summed E-state index contributed by atoms with van der Waals surface area (Å²) in [4.78, 5) is 24.6. The minimum atomic E-state index is -3.90. The van der Waals surface area contributed by atoms with Gasteiger partial charge in [0.15, 0.2) is 11.6 Å². The first kappa shape index (κ1) is 22.4. The molecule has 5 aromatic rings. The number of hydrogen-bond acceptors (Lipinski definition) is 5. The lowest BCUT2D eigenvalue weighted by molar-refractivity contribution is 0.103. The Kier molecular flexibility index (Phi) is 5.84. The summed E-state index contributed by atoms with van der Waals surface area (Å²) in [5.41, 5.74) is 2.37. The number of fused-ring (bicyclic) bond motifs is 1. The Hall–Kier alpha value is -4.37. The molecule has 2 aromatic carbocycles. The molecule has 0 amide bonds. The number of ketones is 1. The van der Waals surface area contributed by atoms with Gasteiger partial charge in [-0.05, 0) is 41.5 Å². The van der Waals surface area contributed by atoms with E-state index in [1.54, 1.807) is 55.0 Å². The Bertz CT molecular complexity index is 1640. The van der Waals surface area contributed by atoms with Crippen molar-refractivity contribution in [1.29, 1.82) is 0 Å². The minimum Gasteiger partial charge on any atom is -0.345 e. The van der Waals surface area contributed by atoms with Crippen molar-refractivity contribution in [3.05, 3.63) is 114 Å². The van der Waals surface area contributed by atoms with E-state index in [2.05, 4.69) is 19.7 Å². The van der Waals surface area contributed by atoms with Gasteiger partial charge in [0, 0.05) is 41.3 Å². The van der Waals surface area contributed by atoms with E-state index in [1.165, 1.54) is 24.4 Å². The van der Waals surface area contributed by atoms with E-state index >= 15 is 4.39 Å². The summed E-state index contributed by atoms with van der Waals surface area (Å²) >= 11 is 0. The van der Waals surface area contributed by atoms with E-state index in [0.29, 0.717) is 16.6 Å². The molecule has 2 N–H and O–H groups in total. The fourth-order valence-electron chi connectivity index (χ4n) is 3.82. The van der Waals surface area contributed by atoms with Gasteiger partial charge < -0.3 is 4.98 Å². The molecule has 0 aliphatic heterocycles. The lowest BCUT2D eigenvalue weighted by atomic mass is 10.0. The number of nitrogens with one attached hydrogen (secondary N) is 2. The van der Waals surface area contributed by atoms with Crippen LogP contribution in [0.3, 0.4) is 0 Å². The van der Waals surface area contributed by atoms with Crippen LogP contribution in [0.5, 0.6) is 0 Å². The van der Waals surface area contributed by atoms with Crippen LogP contribution in [-0.2, 0) is 15.8 Å². The van der Waals surface area contributed by atoms with Crippen molar-refractivity contribution >= 4 is 32.5 Å². The van der Waals surface area contributed by atoms with Crippen LogP contribution in [-0.4, -0.2) is 29.2 Å². The maximum absolute atomic E-state index is 15.3. The number of sulfonamides is 1. The molecule has 35 heavy (non-hydrogen) atoms. The number of aromatic amines is 1. The van der Waals surface area contributed by atoms with Crippen LogP contribution >= 0.6 is 0 Å². The quantitative estimate of drug-likeness (QED) is 0.317. The molecule has 0 fully saturated rings. The third-order valence-electron chi connectivity index (χ3n) is 5.50. The molecule has 0 atom stereocenters. The smallest absolute Gasteiger partial charge is 0.237 e. The maximum atomic E-state index is 15.3. The van der Waals surface area contributed by atoms with Crippen molar-refractivity contribution in [1.82, 2.24) is 15.0 Å². The van der Waals surface area contributed by atoms with Crippen LogP contribution in [0, 0.1) is 5.82 Å². The molecule has 0 spiro atoms. The first-order chi connectivity index (χ1) is 16.9. The number of halogens is 1. The third kappa shape index (κ3) is 4.67. The van der Waals surface area contributed by atoms with Crippen molar-refractivity contribution in [3.8, 4) is 11.1 Å². The number of carbonyl (C=O) groups excluding carboxylic acids is 1. The highest BCUT2D eigenvalue weighted by Gasteiger charge is 2.22. The van der Waals surface area contributed by atoms with Gasteiger partial charge in [-0.15, -0.1) is 0 Å². The summed E-state index contributed by atoms with van der Waals surface area (Å²) < 4.78 is 42.8. The number of aromatic nitrogens is 3. The van der Waals surface area contributed by atoms with Crippen LogP contribution in [0.15, 0.2) is 91.5 Å². The van der Waals surface area contributed by atoms with E-state index in [1.807, 2.05) is 12.1 Å². The lowest BCUT2D eigenvalue weighted by Crippen LogP contribution is -2.17. The Morgan fingerprint density at radius 1 is 0.943 bits per heavy atom. The van der Waals surface area contributed by atoms with Crippen LogP contribution in [0.25, 0.3) is 22.2 Å². The van der Waals surface area contributed by atoms with E-state index in [0.717, 1.165) is 11.1 Å².